The van der Waals surface area contributed by atoms with Gasteiger partial charge in [0.05, 0.1) is 32.5 Å². The number of nitrogens with two attached hydrogens (primary N) is 1. The summed E-state index contributed by atoms with van der Waals surface area (Å²) in [7, 11) is 0. The molecule has 13 heteroatoms. The summed E-state index contributed by atoms with van der Waals surface area (Å²) >= 11 is 0. The molecule has 0 bridgehead atoms. The monoisotopic (exact) mass is 479 g/mol. The van der Waals surface area contributed by atoms with Gasteiger partial charge in [-0.25, -0.2) is 4.98 Å². The molecule has 13 nitrogen and oxygen atoms in total. The number of nitro groups is 1. The van der Waals surface area contributed by atoms with Crippen molar-refractivity contribution in [1.82, 2.24) is 24.5 Å². The molecule has 5 rings (SSSR count). The van der Waals surface area contributed by atoms with Gasteiger partial charge in [0.1, 0.15) is 5.69 Å². The number of carboxylic acids is 1. The molecule has 0 aliphatic rings. The predicted octanol–water partition coefficient (Wildman–Crippen LogP) is 2.47. The molecule has 0 atom stereocenters. The summed E-state index contributed by atoms with van der Waals surface area (Å²) in [6, 6.07) is 7.62. The van der Waals surface area contributed by atoms with Crippen LogP contribution in [-0.2, 0) is 11.3 Å². The average molecular weight is 479 g/mol. The fourth-order valence-corrected chi connectivity index (χ4v) is 3.79. The lowest BCUT2D eigenvalue weighted by Crippen LogP contribution is -2.11. The average Bonchev–Trinajstić information content (AvgIpc) is 3.33. The van der Waals surface area contributed by atoms with E-state index in [2.05, 4.69) is 19.9 Å². The van der Waals surface area contributed by atoms with Gasteiger partial charge in [0.25, 0.3) is 23.2 Å². The number of non-ortho nitro benzene ring substituents is 1. The second kappa shape index (κ2) is 9.23. The molecule has 2 aromatic carbocycles. The summed E-state index contributed by atoms with van der Waals surface area (Å²) in [5, 5.41) is 28.9. The van der Waals surface area contributed by atoms with Gasteiger partial charge in [-0.15, -0.1) is 0 Å². The molecule has 0 radical (unpaired) electrons. The van der Waals surface area contributed by atoms with Gasteiger partial charge in [0, 0.05) is 42.7 Å². The van der Waals surface area contributed by atoms with Gasteiger partial charge in [0.2, 0.25) is 0 Å². The van der Waals surface area contributed by atoms with Crippen molar-refractivity contribution in [3.8, 4) is 17.3 Å². The maximum absolute atomic E-state index is 12.9. The Balaban J connectivity index is 0.000000672. The minimum Gasteiger partial charge on any atom is -0.481 e. The van der Waals surface area contributed by atoms with Crippen LogP contribution < -0.4 is 11.3 Å². The van der Waals surface area contributed by atoms with Gasteiger partial charge in [-0.2, -0.15) is 4.98 Å². The van der Waals surface area contributed by atoms with Crippen molar-refractivity contribution >= 4 is 44.6 Å². The molecule has 3 heterocycles. The number of nitro benzene ring substituents is 1. The highest BCUT2D eigenvalue weighted by Gasteiger charge is 2.18. The smallest absolute Gasteiger partial charge is 0.300 e. The van der Waals surface area contributed by atoms with Crippen LogP contribution in [0.5, 0.6) is 6.01 Å². The molecule has 35 heavy (non-hydrogen) atoms. The molecule has 0 spiro atoms. The lowest BCUT2D eigenvalue weighted by Gasteiger charge is -2.03. The van der Waals surface area contributed by atoms with E-state index in [1.807, 2.05) is 4.57 Å². The maximum atomic E-state index is 12.9. The van der Waals surface area contributed by atoms with E-state index in [9.17, 15) is 20.0 Å². The van der Waals surface area contributed by atoms with Crippen LogP contribution in [0.15, 0.2) is 41.3 Å². The minimum atomic E-state index is -0.833. The van der Waals surface area contributed by atoms with Crippen molar-refractivity contribution in [2.45, 2.75) is 19.9 Å². The third-order valence-electron chi connectivity index (χ3n) is 5.22. The predicted molar refractivity (Wildman–Crippen MR) is 128 cm³/mol. The first-order chi connectivity index (χ1) is 16.7. The molecular weight excluding hydrogens is 458 g/mol. The topological polar surface area (TPSA) is 206 Å². The van der Waals surface area contributed by atoms with Crippen LogP contribution in [0.3, 0.4) is 0 Å². The first-order valence-corrected chi connectivity index (χ1v) is 10.5. The van der Waals surface area contributed by atoms with Gasteiger partial charge in [-0.1, -0.05) is 0 Å². The number of aliphatic carboxylic acids is 1. The zero-order valence-corrected chi connectivity index (χ0v) is 18.5. The van der Waals surface area contributed by atoms with Crippen LogP contribution in [0.1, 0.15) is 13.3 Å². The van der Waals surface area contributed by atoms with E-state index >= 15 is 0 Å². The van der Waals surface area contributed by atoms with E-state index in [0.29, 0.717) is 58.0 Å². The number of aromatic amines is 2. The highest BCUT2D eigenvalue weighted by molar-refractivity contribution is 5.98. The van der Waals surface area contributed by atoms with Crippen molar-refractivity contribution < 1.29 is 19.9 Å². The number of nitrogens with zero attached hydrogens (tertiary/aromatic N) is 4. The molecule has 5 aromatic rings. The van der Waals surface area contributed by atoms with Crippen molar-refractivity contribution in [2.24, 2.45) is 5.73 Å². The molecule has 0 aliphatic heterocycles. The van der Waals surface area contributed by atoms with E-state index in [0.717, 1.165) is 6.92 Å². The quantitative estimate of drug-likeness (QED) is 0.185. The molecular formula is C22H21N7O6. The third kappa shape index (κ3) is 4.65. The van der Waals surface area contributed by atoms with Crippen molar-refractivity contribution in [3.05, 3.63) is 57.0 Å². The molecule has 0 unspecified atom stereocenters. The lowest BCUT2D eigenvalue weighted by atomic mass is 10.1. The highest BCUT2D eigenvalue weighted by Crippen LogP contribution is 2.32. The number of aromatic hydroxyl groups is 1. The normalized spacial score (nSPS) is 11.0. The zero-order chi connectivity index (χ0) is 25.3. The molecule has 180 valence electrons. The van der Waals surface area contributed by atoms with Gasteiger partial charge in [-0.3, -0.25) is 19.7 Å². The fraction of sp³-hybridized carbons (Fsp3) is 0.182. The highest BCUT2D eigenvalue weighted by atomic mass is 16.6. The number of aromatic nitrogens is 5. The number of carbonyl (C=O) groups is 1. The number of carboxylic acid groups (broad SMARTS) is 1. The Morgan fingerprint density at radius 2 is 1.83 bits per heavy atom. The van der Waals surface area contributed by atoms with Crippen LogP contribution in [0.2, 0.25) is 0 Å². The van der Waals surface area contributed by atoms with Crippen molar-refractivity contribution in [2.75, 3.05) is 6.54 Å². The van der Waals surface area contributed by atoms with Crippen LogP contribution in [0.25, 0.3) is 44.2 Å². The van der Waals surface area contributed by atoms with Crippen molar-refractivity contribution in [3.63, 3.8) is 0 Å². The van der Waals surface area contributed by atoms with E-state index in [1.54, 1.807) is 24.4 Å². The number of hydrogen-bond donors (Lipinski definition) is 5. The number of rotatable bonds is 5. The minimum absolute atomic E-state index is 0.0343. The second-order valence-corrected chi connectivity index (χ2v) is 7.72. The SMILES string of the molecule is CC(=O)O.NCCCn1cc(-c2nc3cc4[nH]c(O)nc4cc3[nH]c2=O)c2ccc([N+](=O)[O-])cc21. The molecule has 0 aliphatic carbocycles. The van der Waals surface area contributed by atoms with Crippen LogP contribution in [-0.4, -0.2) is 52.2 Å². The number of benzene rings is 2. The summed E-state index contributed by atoms with van der Waals surface area (Å²) in [6.45, 7) is 2.10. The van der Waals surface area contributed by atoms with Crippen LogP contribution in [0, 0.1) is 10.1 Å². The first-order valence-electron chi connectivity index (χ1n) is 10.5. The van der Waals surface area contributed by atoms with Crippen LogP contribution in [0.4, 0.5) is 5.69 Å². The maximum Gasteiger partial charge on any atom is 0.300 e. The molecule has 0 amide bonds. The largest absolute Gasteiger partial charge is 0.481 e. The number of aryl methyl sites for hydroxylation is 1. The Morgan fingerprint density at radius 3 is 2.49 bits per heavy atom. The van der Waals surface area contributed by atoms with Gasteiger partial charge >= 0.3 is 0 Å². The number of hydrogen-bond acceptors (Lipinski definition) is 8. The number of nitrogens with one attached hydrogen (secondary N) is 2. The molecule has 0 saturated carbocycles. The van der Waals surface area contributed by atoms with E-state index in [-0.39, 0.29) is 17.4 Å². The van der Waals surface area contributed by atoms with E-state index < -0.39 is 16.5 Å². The second-order valence-electron chi connectivity index (χ2n) is 7.72. The van der Waals surface area contributed by atoms with Gasteiger partial charge < -0.3 is 30.5 Å². The van der Waals surface area contributed by atoms with Crippen molar-refractivity contribution in [1.29, 1.82) is 0 Å². The van der Waals surface area contributed by atoms with Crippen LogP contribution >= 0.6 is 0 Å². The number of H-pyrrole nitrogens is 2. The fourth-order valence-electron chi connectivity index (χ4n) is 3.79. The summed E-state index contributed by atoms with van der Waals surface area (Å²) in [4.78, 5) is 46.7. The number of imidazole rings is 1. The Morgan fingerprint density at radius 1 is 1.17 bits per heavy atom. The number of fused-ring (bicyclic) bond motifs is 3. The Hall–Kier alpha value is -4.78. The third-order valence-corrected chi connectivity index (χ3v) is 5.22. The van der Waals surface area contributed by atoms with E-state index in [4.69, 9.17) is 15.6 Å². The Kier molecular flexibility index (Phi) is 6.16. The zero-order valence-electron chi connectivity index (χ0n) is 18.5. The Labute approximate surface area is 196 Å². The Bertz CT molecular complexity index is 1650. The molecule has 6 N–H and O–H groups in total. The molecule has 0 saturated heterocycles. The van der Waals surface area contributed by atoms with Gasteiger partial charge in [0.15, 0.2) is 0 Å². The first kappa shape index (κ1) is 23.4. The summed E-state index contributed by atoms with van der Waals surface area (Å²) < 4.78 is 1.85. The van der Waals surface area contributed by atoms with E-state index in [1.165, 1.54) is 12.1 Å². The molecule has 3 aromatic heterocycles. The molecule has 0 fully saturated rings. The lowest BCUT2D eigenvalue weighted by molar-refractivity contribution is -0.384. The summed E-state index contributed by atoms with van der Waals surface area (Å²) in [5.41, 5.74) is 8.67. The van der Waals surface area contributed by atoms with Gasteiger partial charge in [-0.05, 0) is 31.2 Å². The summed E-state index contributed by atoms with van der Waals surface area (Å²) in [5.74, 6) is -0.833. The summed E-state index contributed by atoms with van der Waals surface area (Å²) in [6.07, 6.45) is 2.45. The standard InChI is InChI=1S/C20H17N7O4.C2H4O2/c21-4-1-5-26-9-12(11-3-2-10(27(30)31)6-17(11)26)18-19(28)23-14-8-16-15(7-13(14)22-18)24-20(29)25-16;1-2(3)4/h2-3,6-9H,1,4-5,21H2,(H,23,28)(H2,24,25,29);1H3,(H,3,4).